The second-order valence-electron chi connectivity index (χ2n) is 7.07. The molecular formula is C20H24N2O2. The van der Waals surface area contributed by atoms with Gasteiger partial charge in [0.15, 0.2) is 5.76 Å². The van der Waals surface area contributed by atoms with Gasteiger partial charge in [-0.25, -0.2) is 0 Å². The summed E-state index contributed by atoms with van der Waals surface area (Å²) in [5, 5.41) is 4.29. The molecule has 1 fully saturated rings. The van der Waals surface area contributed by atoms with E-state index in [1.165, 1.54) is 43.2 Å². The predicted octanol–water partition coefficient (Wildman–Crippen LogP) is 4.20. The summed E-state index contributed by atoms with van der Waals surface area (Å²) in [5.41, 5.74) is 3.61. The fourth-order valence-electron chi connectivity index (χ4n) is 3.98. The van der Waals surface area contributed by atoms with Crippen molar-refractivity contribution in [2.75, 3.05) is 0 Å². The summed E-state index contributed by atoms with van der Waals surface area (Å²) in [6, 6.07) is 10.4. The third-order valence-electron chi connectivity index (χ3n) is 5.39. The van der Waals surface area contributed by atoms with Gasteiger partial charge in [0.25, 0.3) is 0 Å². The third-order valence-corrected chi connectivity index (χ3v) is 5.39. The summed E-state index contributed by atoms with van der Waals surface area (Å²) in [6.45, 7) is 1.18. The zero-order chi connectivity index (χ0) is 16.4. The van der Waals surface area contributed by atoms with Crippen molar-refractivity contribution in [2.45, 2.75) is 64.0 Å². The minimum atomic E-state index is 0.196. The first kappa shape index (κ1) is 15.4. The summed E-state index contributed by atoms with van der Waals surface area (Å²) in [7, 11) is 0. The summed E-state index contributed by atoms with van der Waals surface area (Å²) in [5.74, 6) is 1.54. The van der Waals surface area contributed by atoms with Crippen molar-refractivity contribution >= 4 is 5.91 Å². The summed E-state index contributed by atoms with van der Waals surface area (Å²) in [6.07, 6.45) is 7.73. The maximum atomic E-state index is 12.5. The van der Waals surface area contributed by atoms with Gasteiger partial charge in [-0.1, -0.05) is 48.7 Å². The average molecular weight is 324 g/mol. The lowest BCUT2D eigenvalue weighted by Crippen LogP contribution is -2.28. The van der Waals surface area contributed by atoms with Gasteiger partial charge in [-0.15, -0.1) is 0 Å². The Balaban J connectivity index is 1.48. The molecule has 1 aliphatic carbocycles. The number of aryl methyl sites for hydroxylation is 1. The number of hydrogen-bond donors (Lipinski definition) is 0. The van der Waals surface area contributed by atoms with Crippen LogP contribution in [0.25, 0.3) is 0 Å². The number of aromatic nitrogens is 1. The highest BCUT2D eigenvalue weighted by Gasteiger charge is 2.23. The fourth-order valence-corrected chi connectivity index (χ4v) is 3.98. The molecule has 4 heteroatoms. The maximum Gasteiger partial charge on any atom is 0.223 e. The Morgan fingerprint density at radius 3 is 2.71 bits per heavy atom. The molecule has 0 radical (unpaired) electrons. The zero-order valence-corrected chi connectivity index (χ0v) is 14.0. The predicted molar refractivity (Wildman–Crippen MR) is 91.3 cm³/mol. The quantitative estimate of drug-likeness (QED) is 0.850. The molecule has 4 nitrogen and oxygen atoms in total. The number of carbonyl (C=O) groups is 1. The normalized spacial score (nSPS) is 19.2. The standard InChI is InChI=1S/C20H24N2O2/c23-20-11-10-15-6-4-5-9-17(15)13-22(20)14-18-12-19(21-24-18)16-7-2-1-3-8-16/h4-6,9,12,16H,1-3,7-8,10-11,13-14H2. The molecule has 0 bridgehead atoms. The van der Waals surface area contributed by atoms with Gasteiger partial charge in [0, 0.05) is 24.9 Å². The van der Waals surface area contributed by atoms with E-state index in [4.69, 9.17) is 4.52 Å². The van der Waals surface area contributed by atoms with Gasteiger partial charge in [-0.05, 0) is 30.4 Å². The summed E-state index contributed by atoms with van der Waals surface area (Å²) >= 11 is 0. The second-order valence-corrected chi connectivity index (χ2v) is 7.07. The number of amides is 1. The lowest BCUT2D eigenvalue weighted by Gasteiger charge is -2.19. The topological polar surface area (TPSA) is 46.3 Å². The highest BCUT2D eigenvalue weighted by Crippen LogP contribution is 2.32. The largest absolute Gasteiger partial charge is 0.359 e. The molecule has 24 heavy (non-hydrogen) atoms. The van der Waals surface area contributed by atoms with Crippen molar-refractivity contribution in [3.63, 3.8) is 0 Å². The molecule has 1 aromatic heterocycles. The van der Waals surface area contributed by atoms with E-state index in [9.17, 15) is 4.79 Å². The van der Waals surface area contributed by atoms with Gasteiger partial charge in [0.2, 0.25) is 5.91 Å². The molecule has 1 aliphatic heterocycles. The Bertz CT molecular complexity index is 716. The van der Waals surface area contributed by atoms with Gasteiger partial charge >= 0.3 is 0 Å². The van der Waals surface area contributed by atoms with E-state index in [2.05, 4.69) is 23.4 Å². The molecule has 2 heterocycles. The van der Waals surface area contributed by atoms with Gasteiger partial charge in [0.05, 0.1) is 12.2 Å². The second kappa shape index (κ2) is 6.80. The third kappa shape index (κ3) is 3.23. The number of nitrogens with zero attached hydrogens (tertiary/aromatic N) is 2. The molecule has 0 atom stereocenters. The van der Waals surface area contributed by atoms with Crippen LogP contribution < -0.4 is 0 Å². The molecule has 2 aliphatic rings. The number of hydrogen-bond acceptors (Lipinski definition) is 3. The SMILES string of the molecule is O=C1CCc2ccccc2CN1Cc1cc(C2CCCCC2)no1. The van der Waals surface area contributed by atoms with Crippen LogP contribution in [0.2, 0.25) is 0 Å². The van der Waals surface area contributed by atoms with Gasteiger partial charge in [0.1, 0.15) is 0 Å². The van der Waals surface area contributed by atoms with Crippen molar-refractivity contribution in [3.05, 3.63) is 52.9 Å². The van der Waals surface area contributed by atoms with Gasteiger partial charge in [-0.3, -0.25) is 4.79 Å². The van der Waals surface area contributed by atoms with Crippen molar-refractivity contribution in [1.82, 2.24) is 10.1 Å². The van der Waals surface area contributed by atoms with Crippen LogP contribution in [0, 0.1) is 0 Å². The summed E-state index contributed by atoms with van der Waals surface area (Å²) < 4.78 is 5.55. The molecule has 4 rings (SSSR count). The van der Waals surface area contributed by atoms with Crippen LogP contribution in [0.1, 0.15) is 67.0 Å². The van der Waals surface area contributed by atoms with Gasteiger partial charge in [-0.2, -0.15) is 0 Å². The minimum absolute atomic E-state index is 0.196. The van der Waals surface area contributed by atoms with Crippen LogP contribution >= 0.6 is 0 Å². The van der Waals surface area contributed by atoms with E-state index in [-0.39, 0.29) is 5.91 Å². The number of fused-ring (bicyclic) bond motifs is 1. The molecule has 0 saturated heterocycles. The van der Waals surface area contributed by atoms with E-state index in [1.807, 2.05) is 17.0 Å². The first-order valence-electron chi connectivity index (χ1n) is 9.09. The Labute approximate surface area is 142 Å². The fraction of sp³-hybridized carbons (Fsp3) is 0.500. The first-order valence-corrected chi connectivity index (χ1v) is 9.09. The average Bonchev–Trinajstić information content (AvgIpc) is 3.03. The van der Waals surface area contributed by atoms with E-state index < -0.39 is 0 Å². The lowest BCUT2D eigenvalue weighted by atomic mass is 9.87. The van der Waals surface area contributed by atoms with Crippen molar-refractivity contribution in [1.29, 1.82) is 0 Å². The van der Waals surface area contributed by atoms with Crippen LogP contribution in [0.5, 0.6) is 0 Å². The van der Waals surface area contributed by atoms with Crippen LogP contribution in [0.4, 0.5) is 0 Å². The Morgan fingerprint density at radius 2 is 1.88 bits per heavy atom. The smallest absolute Gasteiger partial charge is 0.223 e. The molecule has 1 aromatic carbocycles. The zero-order valence-electron chi connectivity index (χ0n) is 14.0. The van der Waals surface area contributed by atoms with E-state index in [0.717, 1.165) is 17.9 Å². The Hall–Kier alpha value is -2.10. The van der Waals surface area contributed by atoms with E-state index in [0.29, 0.717) is 25.4 Å². The van der Waals surface area contributed by atoms with Crippen molar-refractivity contribution < 1.29 is 9.32 Å². The van der Waals surface area contributed by atoms with Crippen LogP contribution in [0.3, 0.4) is 0 Å². The van der Waals surface area contributed by atoms with Crippen LogP contribution in [0.15, 0.2) is 34.9 Å². The first-order chi connectivity index (χ1) is 11.8. The number of benzene rings is 1. The molecule has 126 valence electrons. The maximum absolute atomic E-state index is 12.5. The van der Waals surface area contributed by atoms with Crippen molar-refractivity contribution in [2.24, 2.45) is 0 Å². The van der Waals surface area contributed by atoms with Crippen LogP contribution in [-0.2, 0) is 24.3 Å². The number of carbonyl (C=O) groups excluding carboxylic acids is 1. The van der Waals surface area contributed by atoms with E-state index in [1.54, 1.807) is 0 Å². The number of rotatable bonds is 3. The summed E-state index contributed by atoms with van der Waals surface area (Å²) in [4.78, 5) is 14.4. The van der Waals surface area contributed by atoms with Crippen LogP contribution in [-0.4, -0.2) is 16.0 Å². The van der Waals surface area contributed by atoms with Crippen molar-refractivity contribution in [3.8, 4) is 0 Å². The highest BCUT2D eigenvalue weighted by molar-refractivity contribution is 5.77. The highest BCUT2D eigenvalue weighted by atomic mass is 16.5. The van der Waals surface area contributed by atoms with Gasteiger partial charge < -0.3 is 9.42 Å². The Morgan fingerprint density at radius 1 is 1.08 bits per heavy atom. The molecule has 0 N–H and O–H groups in total. The molecule has 0 unspecified atom stereocenters. The molecule has 2 aromatic rings. The molecule has 1 amide bonds. The molecular weight excluding hydrogens is 300 g/mol. The minimum Gasteiger partial charge on any atom is -0.359 e. The van der Waals surface area contributed by atoms with E-state index >= 15 is 0 Å². The monoisotopic (exact) mass is 324 g/mol. The molecule has 0 spiro atoms. The lowest BCUT2D eigenvalue weighted by molar-refractivity contribution is -0.132. The Kier molecular flexibility index (Phi) is 4.37. The molecule has 1 saturated carbocycles.